The predicted molar refractivity (Wildman–Crippen MR) is 96.1 cm³/mol. The highest BCUT2D eigenvalue weighted by atomic mass is 19.4. The molecule has 3 aromatic rings. The molecular formula is C20H17F4N3O2. The molecular weight excluding hydrogens is 390 g/mol. The lowest BCUT2D eigenvalue weighted by Gasteiger charge is -2.13. The van der Waals surface area contributed by atoms with E-state index in [4.69, 9.17) is 9.47 Å². The molecule has 5 nitrogen and oxygen atoms in total. The molecule has 0 radical (unpaired) electrons. The Labute approximate surface area is 163 Å². The van der Waals surface area contributed by atoms with Gasteiger partial charge in [-0.3, -0.25) is 4.98 Å². The summed E-state index contributed by atoms with van der Waals surface area (Å²) in [6.45, 7) is -0.338. The highest BCUT2D eigenvalue weighted by Crippen LogP contribution is 2.39. The number of benzene rings is 1. The van der Waals surface area contributed by atoms with Crippen LogP contribution in [-0.4, -0.2) is 22.1 Å². The number of rotatable bonds is 6. The van der Waals surface area contributed by atoms with Crippen LogP contribution in [0.3, 0.4) is 0 Å². The summed E-state index contributed by atoms with van der Waals surface area (Å²) in [5.41, 5.74) is 0.303. The third-order valence-electron chi connectivity index (χ3n) is 4.64. The Kier molecular flexibility index (Phi) is 4.89. The summed E-state index contributed by atoms with van der Waals surface area (Å²) in [5, 5.41) is 0. The van der Waals surface area contributed by atoms with Gasteiger partial charge in [-0.15, -0.1) is 0 Å². The first-order chi connectivity index (χ1) is 13.8. The minimum Gasteiger partial charge on any atom is -0.493 e. The van der Waals surface area contributed by atoms with Crippen molar-refractivity contribution in [2.45, 2.75) is 31.5 Å². The molecule has 0 bridgehead atoms. The van der Waals surface area contributed by atoms with E-state index in [-0.39, 0.29) is 12.3 Å². The highest BCUT2D eigenvalue weighted by Gasteiger charge is 2.32. The summed E-state index contributed by atoms with van der Waals surface area (Å²) in [6, 6.07) is 5.59. The standard InChI is InChI=1S/C20H17F4N3O2/c1-28-18-6-12(15-9-26-19(27-15)11-2-3-11)4-5-17(18)29-10-16-14(21)7-13(8-25-16)20(22,23)24/h4-9,11H,2-3,10H2,1H3,(H,26,27). The summed E-state index contributed by atoms with van der Waals surface area (Å²) in [7, 11) is 1.46. The fourth-order valence-electron chi connectivity index (χ4n) is 2.88. The predicted octanol–water partition coefficient (Wildman–Crippen LogP) is 5.09. The molecule has 1 saturated carbocycles. The first-order valence-corrected chi connectivity index (χ1v) is 8.93. The van der Waals surface area contributed by atoms with Crippen molar-refractivity contribution in [2.24, 2.45) is 0 Å². The fraction of sp³-hybridized carbons (Fsp3) is 0.300. The molecule has 1 N–H and O–H groups in total. The van der Waals surface area contributed by atoms with Crippen LogP contribution in [0.2, 0.25) is 0 Å². The van der Waals surface area contributed by atoms with E-state index in [2.05, 4.69) is 15.0 Å². The molecule has 1 aliphatic carbocycles. The van der Waals surface area contributed by atoms with Crippen LogP contribution in [0.5, 0.6) is 11.5 Å². The topological polar surface area (TPSA) is 60.0 Å². The van der Waals surface area contributed by atoms with Crippen LogP contribution in [0.1, 0.15) is 35.8 Å². The van der Waals surface area contributed by atoms with Gasteiger partial charge >= 0.3 is 6.18 Å². The van der Waals surface area contributed by atoms with E-state index >= 15 is 0 Å². The van der Waals surface area contributed by atoms with E-state index in [9.17, 15) is 17.6 Å². The van der Waals surface area contributed by atoms with E-state index in [1.165, 1.54) is 7.11 Å². The van der Waals surface area contributed by atoms with Crippen molar-refractivity contribution in [3.8, 4) is 22.8 Å². The van der Waals surface area contributed by atoms with E-state index in [0.29, 0.717) is 29.7 Å². The van der Waals surface area contributed by atoms with Crippen molar-refractivity contribution in [3.63, 3.8) is 0 Å². The lowest BCUT2D eigenvalue weighted by atomic mass is 10.1. The average Bonchev–Trinajstić information content (AvgIpc) is 3.43. The van der Waals surface area contributed by atoms with Crippen LogP contribution in [0, 0.1) is 5.82 Å². The smallest absolute Gasteiger partial charge is 0.417 e. The molecule has 0 saturated heterocycles. The number of pyridine rings is 1. The molecule has 1 aliphatic rings. The van der Waals surface area contributed by atoms with Gasteiger partial charge < -0.3 is 14.5 Å². The Morgan fingerprint density at radius 2 is 1.90 bits per heavy atom. The zero-order valence-electron chi connectivity index (χ0n) is 15.4. The maximum atomic E-state index is 13.9. The molecule has 4 rings (SSSR count). The SMILES string of the molecule is COc1cc(-c2cnc(C3CC3)[nH]2)ccc1OCc1ncc(C(F)(F)F)cc1F. The highest BCUT2D eigenvalue weighted by molar-refractivity contribution is 5.63. The molecule has 0 amide bonds. The van der Waals surface area contributed by atoms with Gasteiger partial charge in [0.1, 0.15) is 23.9 Å². The van der Waals surface area contributed by atoms with E-state index in [0.717, 1.165) is 29.9 Å². The van der Waals surface area contributed by atoms with Gasteiger partial charge in [0.05, 0.1) is 24.6 Å². The third kappa shape index (κ3) is 4.18. The third-order valence-corrected chi connectivity index (χ3v) is 4.64. The maximum absolute atomic E-state index is 13.9. The molecule has 29 heavy (non-hydrogen) atoms. The summed E-state index contributed by atoms with van der Waals surface area (Å²) in [5.74, 6) is 1.10. The molecule has 152 valence electrons. The normalized spacial score (nSPS) is 14.1. The monoisotopic (exact) mass is 407 g/mol. The number of hydrogen-bond acceptors (Lipinski definition) is 4. The van der Waals surface area contributed by atoms with E-state index < -0.39 is 17.6 Å². The van der Waals surface area contributed by atoms with E-state index in [1.807, 2.05) is 0 Å². The number of imidazole rings is 1. The number of aromatic amines is 1. The Bertz CT molecular complexity index is 1030. The number of methoxy groups -OCH3 is 1. The van der Waals surface area contributed by atoms with Crippen molar-refractivity contribution in [3.05, 3.63) is 59.6 Å². The van der Waals surface area contributed by atoms with Crippen LogP contribution < -0.4 is 9.47 Å². The van der Waals surface area contributed by atoms with Gasteiger partial charge in [-0.25, -0.2) is 9.37 Å². The zero-order valence-corrected chi connectivity index (χ0v) is 15.4. The van der Waals surface area contributed by atoms with Crippen molar-refractivity contribution in [1.82, 2.24) is 15.0 Å². The largest absolute Gasteiger partial charge is 0.493 e. The first-order valence-electron chi connectivity index (χ1n) is 8.93. The van der Waals surface area contributed by atoms with Gasteiger partial charge in [0.15, 0.2) is 11.5 Å². The van der Waals surface area contributed by atoms with Gasteiger partial charge in [-0.1, -0.05) is 0 Å². The number of aromatic nitrogens is 3. The number of alkyl halides is 3. The number of ether oxygens (including phenoxy) is 2. The summed E-state index contributed by atoms with van der Waals surface area (Å²) < 4.78 is 62.6. The van der Waals surface area contributed by atoms with Crippen LogP contribution >= 0.6 is 0 Å². The number of halogens is 4. The van der Waals surface area contributed by atoms with Crippen molar-refractivity contribution < 1.29 is 27.0 Å². The molecule has 1 aromatic carbocycles. The van der Waals surface area contributed by atoms with Crippen LogP contribution in [0.4, 0.5) is 17.6 Å². The molecule has 1 fully saturated rings. The lowest BCUT2D eigenvalue weighted by molar-refractivity contribution is -0.138. The summed E-state index contributed by atoms with van der Waals surface area (Å²) >= 11 is 0. The van der Waals surface area contributed by atoms with Crippen LogP contribution in [0.15, 0.2) is 36.7 Å². The quantitative estimate of drug-likeness (QED) is 0.578. The first kappa shape index (κ1) is 19.2. The van der Waals surface area contributed by atoms with Gasteiger partial charge in [0.25, 0.3) is 0 Å². The molecule has 0 spiro atoms. The van der Waals surface area contributed by atoms with Crippen molar-refractivity contribution in [2.75, 3.05) is 7.11 Å². The van der Waals surface area contributed by atoms with Gasteiger partial charge in [-0.05, 0) is 37.1 Å². The van der Waals surface area contributed by atoms with Crippen LogP contribution in [-0.2, 0) is 12.8 Å². The van der Waals surface area contributed by atoms with Crippen molar-refractivity contribution in [1.29, 1.82) is 0 Å². The maximum Gasteiger partial charge on any atom is 0.417 e. The molecule has 0 aliphatic heterocycles. The Morgan fingerprint density at radius 3 is 2.55 bits per heavy atom. The number of nitrogens with zero attached hydrogens (tertiary/aromatic N) is 2. The molecule has 0 atom stereocenters. The second-order valence-corrected chi connectivity index (χ2v) is 6.76. The number of H-pyrrole nitrogens is 1. The average molecular weight is 407 g/mol. The summed E-state index contributed by atoms with van der Waals surface area (Å²) in [6.07, 6.45) is -0.0459. The Morgan fingerprint density at radius 1 is 1.10 bits per heavy atom. The molecule has 2 aromatic heterocycles. The molecule has 0 unspecified atom stereocenters. The van der Waals surface area contributed by atoms with Crippen LogP contribution in [0.25, 0.3) is 11.3 Å². The van der Waals surface area contributed by atoms with Gasteiger partial charge in [0, 0.05) is 17.7 Å². The lowest BCUT2D eigenvalue weighted by Crippen LogP contribution is -2.09. The van der Waals surface area contributed by atoms with E-state index in [1.54, 1.807) is 24.4 Å². The molecule has 2 heterocycles. The Hall–Kier alpha value is -3.10. The van der Waals surface area contributed by atoms with Crippen molar-refractivity contribution >= 4 is 0 Å². The zero-order chi connectivity index (χ0) is 20.6. The van der Waals surface area contributed by atoms with Gasteiger partial charge in [-0.2, -0.15) is 13.2 Å². The Balaban J connectivity index is 1.50. The minimum absolute atomic E-state index is 0.230. The molecule has 9 heteroatoms. The number of nitrogens with one attached hydrogen (secondary N) is 1. The number of hydrogen-bond donors (Lipinski definition) is 1. The summed E-state index contributed by atoms with van der Waals surface area (Å²) in [4.78, 5) is 11.2. The minimum atomic E-state index is -4.65. The fourth-order valence-corrected chi connectivity index (χ4v) is 2.88. The second-order valence-electron chi connectivity index (χ2n) is 6.76. The second kappa shape index (κ2) is 7.38. The van der Waals surface area contributed by atoms with Gasteiger partial charge in [0.2, 0.25) is 0 Å².